The van der Waals surface area contributed by atoms with Crippen molar-refractivity contribution < 1.29 is 4.79 Å². The van der Waals surface area contributed by atoms with Gasteiger partial charge >= 0.3 is 0 Å². The van der Waals surface area contributed by atoms with Crippen molar-refractivity contribution in [3.05, 3.63) is 48.3 Å². The van der Waals surface area contributed by atoms with Gasteiger partial charge < -0.3 is 10.6 Å². The zero-order valence-electron chi connectivity index (χ0n) is 11.0. The largest absolute Gasteiger partial charge is 0.347 e. The lowest BCUT2D eigenvalue weighted by atomic mass is 10.2. The van der Waals surface area contributed by atoms with Crippen LogP contribution in [-0.4, -0.2) is 34.8 Å². The second kappa shape index (κ2) is 6.54. The highest BCUT2D eigenvalue weighted by molar-refractivity contribution is 5.92. The Bertz CT molecular complexity index is 564. The third-order valence-electron chi connectivity index (χ3n) is 3.24. The number of carbonyl (C=O) groups is 1. The summed E-state index contributed by atoms with van der Waals surface area (Å²) in [7, 11) is 0. The highest BCUT2D eigenvalue weighted by Crippen LogP contribution is 2.07. The quantitative estimate of drug-likeness (QED) is 0.899. The standard InChI is InChI=1S/C14H16N4O.ClH/c19-14(16-11-6-8-15-10-11)13-7-9-18(17-13)12-4-2-1-3-5-12;/h1-5,7,9,11,15H,6,8,10H2,(H,16,19);1H. The van der Waals surface area contributed by atoms with E-state index in [1.807, 2.05) is 30.3 Å². The highest BCUT2D eigenvalue weighted by atomic mass is 35.5. The van der Waals surface area contributed by atoms with Crippen molar-refractivity contribution in [3.63, 3.8) is 0 Å². The molecule has 20 heavy (non-hydrogen) atoms. The van der Waals surface area contributed by atoms with Gasteiger partial charge in [0.1, 0.15) is 0 Å². The maximum atomic E-state index is 12.0. The Balaban J connectivity index is 0.00000147. The number of carbonyl (C=O) groups excluding carboxylic acids is 1. The first-order chi connectivity index (χ1) is 9.33. The van der Waals surface area contributed by atoms with Crippen LogP contribution in [0.5, 0.6) is 0 Å². The van der Waals surface area contributed by atoms with Crippen molar-refractivity contribution in [2.24, 2.45) is 0 Å². The van der Waals surface area contributed by atoms with E-state index >= 15 is 0 Å². The van der Waals surface area contributed by atoms with Gasteiger partial charge in [-0.15, -0.1) is 12.4 Å². The molecule has 2 N–H and O–H groups in total. The van der Waals surface area contributed by atoms with Crippen LogP contribution in [0.15, 0.2) is 42.6 Å². The molecule has 0 bridgehead atoms. The number of hydrogen-bond donors (Lipinski definition) is 2. The van der Waals surface area contributed by atoms with Gasteiger partial charge in [0.2, 0.25) is 0 Å². The maximum absolute atomic E-state index is 12.0. The summed E-state index contributed by atoms with van der Waals surface area (Å²) in [6, 6.07) is 11.7. The minimum atomic E-state index is -0.108. The molecule has 2 aromatic rings. The molecule has 0 radical (unpaired) electrons. The second-order valence-electron chi connectivity index (χ2n) is 4.64. The molecule has 1 atom stereocenters. The monoisotopic (exact) mass is 292 g/mol. The SMILES string of the molecule is Cl.O=C(NC1CCNC1)c1ccn(-c2ccccc2)n1. The molecule has 5 nitrogen and oxygen atoms in total. The normalized spacial score (nSPS) is 17.5. The summed E-state index contributed by atoms with van der Waals surface area (Å²) in [4.78, 5) is 12.0. The fourth-order valence-electron chi connectivity index (χ4n) is 2.21. The smallest absolute Gasteiger partial charge is 0.272 e. The van der Waals surface area contributed by atoms with Gasteiger partial charge in [-0.25, -0.2) is 4.68 Å². The van der Waals surface area contributed by atoms with Crippen molar-refractivity contribution in [1.82, 2.24) is 20.4 Å². The average Bonchev–Trinajstić information content (AvgIpc) is 3.10. The molecule has 3 rings (SSSR count). The van der Waals surface area contributed by atoms with Gasteiger partial charge in [-0.3, -0.25) is 4.79 Å². The van der Waals surface area contributed by atoms with Crippen LogP contribution in [0, 0.1) is 0 Å². The van der Waals surface area contributed by atoms with Crippen molar-refractivity contribution in [3.8, 4) is 5.69 Å². The lowest BCUT2D eigenvalue weighted by Gasteiger charge is -2.09. The van der Waals surface area contributed by atoms with Gasteiger partial charge in [0.15, 0.2) is 5.69 Å². The summed E-state index contributed by atoms with van der Waals surface area (Å²) in [5, 5.41) is 10.5. The number of aromatic nitrogens is 2. The van der Waals surface area contributed by atoms with E-state index < -0.39 is 0 Å². The summed E-state index contributed by atoms with van der Waals surface area (Å²) >= 11 is 0. The molecule has 1 aliphatic rings. The van der Waals surface area contributed by atoms with Crippen LogP contribution in [0.3, 0.4) is 0 Å². The molecule has 1 saturated heterocycles. The van der Waals surface area contributed by atoms with E-state index in [9.17, 15) is 4.79 Å². The molecular formula is C14H17ClN4O. The van der Waals surface area contributed by atoms with Crippen LogP contribution in [-0.2, 0) is 0 Å². The fourth-order valence-corrected chi connectivity index (χ4v) is 2.21. The Morgan fingerprint density at radius 2 is 2.10 bits per heavy atom. The molecule has 6 heteroatoms. The summed E-state index contributed by atoms with van der Waals surface area (Å²) in [5.74, 6) is -0.108. The third kappa shape index (κ3) is 3.18. The predicted molar refractivity (Wildman–Crippen MR) is 79.6 cm³/mol. The molecule has 1 fully saturated rings. The summed E-state index contributed by atoms with van der Waals surface area (Å²) in [6.45, 7) is 1.80. The predicted octanol–water partition coefficient (Wildman–Crippen LogP) is 1.39. The third-order valence-corrected chi connectivity index (χ3v) is 3.24. The molecule has 1 amide bonds. The number of nitrogens with one attached hydrogen (secondary N) is 2. The molecule has 1 unspecified atom stereocenters. The second-order valence-corrected chi connectivity index (χ2v) is 4.64. The van der Waals surface area contributed by atoms with E-state index in [2.05, 4.69) is 15.7 Å². The molecule has 0 aliphatic carbocycles. The van der Waals surface area contributed by atoms with E-state index in [1.165, 1.54) is 0 Å². The Hall–Kier alpha value is -1.85. The Morgan fingerprint density at radius 1 is 1.30 bits per heavy atom. The first-order valence-electron chi connectivity index (χ1n) is 6.45. The first-order valence-corrected chi connectivity index (χ1v) is 6.45. The Kier molecular flexibility index (Phi) is 4.76. The number of benzene rings is 1. The number of nitrogens with zero attached hydrogens (tertiary/aromatic N) is 2. The van der Waals surface area contributed by atoms with Crippen molar-refractivity contribution in [2.45, 2.75) is 12.5 Å². The lowest BCUT2D eigenvalue weighted by Crippen LogP contribution is -2.36. The van der Waals surface area contributed by atoms with E-state index in [0.717, 1.165) is 25.2 Å². The zero-order chi connectivity index (χ0) is 13.1. The molecular weight excluding hydrogens is 276 g/mol. The molecule has 1 aromatic heterocycles. The summed E-state index contributed by atoms with van der Waals surface area (Å²) < 4.78 is 1.71. The van der Waals surface area contributed by atoms with Gasteiger partial charge in [-0.05, 0) is 31.2 Å². The molecule has 0 spiro atoms. The van der Waals surface area contributed by atoms with Crippen LogP contribution in [0.1, 0.15) is 16.9 Å². The van der Waals surface area contributed by atoms with Crippen LogP contribution in [0.2, 0.25) is 0 Å². The van der Waals surface area contributed by atoms with E-state index in [0.29, 0.717) is 5.69 Å². The van der Waals surface area contributed by atoms with Gasteiger partial charge in [0.25, 0.3) is 5.91 Å². The van der Waals surface area contributed by atoms with Crippen molar-refractivity contribution >= 4 is 18.3 Å². The first kappa shape index (κ1) is 14.6. The number of hydrogen-bond acceptors (Lipinski definition) is 3. The van der Waals surface area contributed by atoms with Crippen molar-refractivity contribution in [2.75, 3.05) is 13.1 Å². The molecule has 1 aromatic carbocycles. The molecule has 1 aliphatic heterocycles. The summed E-state index contributed by atoms with van der Waals surface area (Å²) in [5.41, 5.74) is 1.40. The molecule has 0 saturated carbocycles. The van der Waals surface area contributed by atoms with Crippen molar-refractivity contribution in [1.29, 1.82) is 0 Å². The van der Waals surface area contributed by atoms with Gasteiger partial charge in [-0.1, -0.05) is 18.2 Å². The molecule has 2 heterocycles. The minimum absolute atomic E-state index is 0. The van der Waals surface area contributed by atoms with Gasteiger partial charge in [0, 0.05) is 18.8 Å². The number of rotatable bonds is 3. The number of para-hydroxylation sites is 1. The van der Waals surface area contributed by atoms with Gasteiger partial charge in [-0.2, -0.15) is 5.10 Å². The van der Waals surface area contributed by atoms with E-state index in [4.69, 9.17) is 0 Å². The highest BCUT2D eigenvalue weighted by Gasteiger charge is 2.18. The Morgan fingerprint density at radius 3 is 2.80 bits per heavy atom. The Labute approximate surface area is 123 Å². The number of halogens is 1. The van der Waals surface area contributed by atoms with Crippen LogP contribution in [0.25, 0.3) is 5.69 Å². The topological polar surface area (TPSA) is 59.0 Å². The average molecular weight is 293 g/mol. The van der Waals surface area contributed by atoms with E-state index in [-0.39, 0.29) is 24.4 Å². The van der Waals surface area contributed by atoms with Gasteiger partial charge in [0.05, 0.1) is 5.69 Å². The fraction of sp³-hybridized carbons (Fsp3) is 0.286. The zero-order valence-corrected chi connectivity index (χ0v) is 11.8. The lowest BCUT2D eigenvalue weighted by molar-refractivity contribution is 0.0934. The summed E-state index contributed by atoms with van der Waals surface area (Å²) in [6.07, 6.45) is 2.78. The van der Waals surface area contributed by atoms with Crippen LogP contribution >= 0.6 is 12.4 Å². The van der Waals surface area contributed by atoms with Crippen LogP contribution in [0.4, 0.5) is 0 Å². The van der Waals surface area contributed by atoms with E-state index in [1.54, 1.807) is 16.9 Å². The maximum Gasteiger partial charge on any atom is 0.272 e. The number of amides is 1. The van der Waals surface area contributed by atoms with Crippen LogP contribution < -0.4 is 10.6 Å². The molecule has 106 valence electrons. The minimum Gasteiger partial charge on any atom is -0.347 e.